The zero-order valence-electron chi connectivity index (χ0n) is 14.6. The van der Waals surface area contributed by atoms with Gasteiger partial charge in [-0.2, -0.15) is 0 Å². The van der Waals surface area contributed by atoms with Crippen molar-refractivity contribution in [1.82, 2.24) is 9.80 Å². The summed E-state index contributed by atoms with van der Waals surface area (Å²) >= 11 is 0. The molecule has 128 valence electrons. The van der Waals surface area contributed by atoms with Crippen molar-refractivity contribution in [2.24, 2.45) is 0 Å². The monoisotopic (exact) mass is 312 g/mol. The predicted octanol–water partition coefficient (Wildman–Crippen LogP) is 2.62. The van der Waals surface area contributed by atoms with Crippen molar-refractivity contribution in [2.75, 3.05) is 26.2 Å². The third-order valence-electron chi connectivity index (χ3n) is 4.77. The first-order valence-electron chi connectivity index (χ1n) is 8.67. The largest absolute Gasteiger partial charge is 0.444 e. The Morgan fingerprint density at radius 1 is 1.36 bits per heavy atom. The predicted molar refractivity (Wildman–Crippen MR) is 86.9 cm³/mol. The summed E-state index contributed by atoms with van der Waals surface area (Å²) in [6.07, 6.45) is 4.82. The van der Waals surface area contributed by atoms with Gasteiger partial charge in [0.25, 0.3) is 0 Å². The van der Waals surface area contributed by atoms with Crippen molar-refractivity contribution in [1.29, 1.82) is 0 Å². The number of carbonyl (C=O) groups is 1. The van der Waals surface area contributed by atoms with Crippen LogP contribution in [0.25, 0.3) is 0 Å². The maximum Gasteiger partial charge on any atom is 0.410 e. The van der Waals surface area contributed by atoms with Crippen LogP contribution < -0.4 is 0 Å². The molecule has 2 rings (SSSR count). The Morgan fingerprint density at radius 2 is 2.00 bits per heavy atom. The van der Waals surface area contributed by atoms with E-state index in [0.29, 0.717) is 12.6 Å². The molecule has 0 aromatic carbocycles. The second-order valence-electron chi connectivity index (χ2n) is 7.86. The molecule has 0 bridgehead atoms. The highest BCUT2D eigenvalue weighted by Crippen LogP contribution is 2.31. The number of hydrogen-bond acceptors (Lipinski definition) is 4. The van der Waals surface area contributed by atoms with Crippen LogP contribution >= 0.6 is 0 Å². The van der Waals surface area contributed by atoms with Gasteiger partial charge < -0.3 is 14.7 Å². The van der Waals surface area contributed by atoms with Gasteiger partial charge in [0.2, 0.25) is 0 Å². The van der Waals surface area contributed by atoms with E-state index >= 15 is 0 Å². The molecular formula is C17H32N2O3. The molecule has 22 heavy (non-hydrogen) atoms. The fraction of sp³-hybridized carbons (Fsp3) is 0.941. The molecule has 1 atom stereocenters. The molecule has 5 nitrogen and oxygen atoms in total. The maximum absolute atomic E-state index is 12.2. The standard InChI is InChI=1S/C17H32N2O3/c1-5-18(13-17(21)9-6-7-10-17)14-8-11-19(12-14)15(20)22-16(2,3)4/h14,21H,5-13H2,1-4H3. The summed E-state index contributed by atoms with van der Waals surface area (Å²) in [6, 6.07) is 0.335. The third-order valence-corrected chi connectivity index (χ3v) is 4.77. The van der Waals surface area contributed by atoms with Crippen LogP contribution in [0.5, 0.6) is 0 Å². The van der Waals surface area contributed by atoms with Crippen LogP contribution in [0.4, 0.5) is 4.79 Å². The molecule has 1 heterocycles. The van der Waals surface area contributed by atoms with Gasteiger partial charge in [-0.3, -0.25) is 4.90 Å². The average Bonchev–Trinajstić information content (AvgIpc) is 3.03. The topological polar surface area (TPSA) is 53.0 Å². The van der Waals surface area contributed by atoms with E-state index in [1.54, 1.807) is 4.90 Å². The van der Waals surface area contributed by atoms with Crippen molar-refractivity contribution in [3.63, 3.8) is 0 Å². The second-order valence-corrected chi connectivity index (χ2v) is 7.86. The molecule has 2 fully saturated rings. The highest BCUT2D eigenvalue weighted by atomic mass is 16.6. The lowest BCUT2D eigenvalue weighted by molar-refractivity contribution is -0.00201. The number of ether oxygens (including phenoxy) is 1. The van der Waals surface area contributed by atoms with Crippen LogP contribution in [0.3, 0.4) is 0 Å². The lowest BCUT2D eigenvalue weighted by Gasteiger charge is -2.34. The Bertz CT molecular complexity index is 386. The molecule has 1 N–H and O–H groups in total. The molecule has 1 unspecified atom stereocenters. The van der Waals surface area contributed by atoms with Gasteiger partial charge in [0.15, 0.2) is 0 Å². The third kappa shape index (κ3) is 4.59. The highest BCUT2D eigenvalue weighted by molar-refractivity contribution is 5.68. The SMILES string of the molecule is CCN(CC1(O)CCCC1)C1CCN(C(=O)OC(C)(C)C)C1. The molecule has 1 saturated heterocycles. The van der Waals surface area contributed by atoms with Crippen LogP contribution in [0.15, 0.2) is 0 Å². The van der Waals surface area contributed by atoms with Gasteiger partial charge in [0.1, 0.15) is 5.60 Å². The lowest BCUT2D eigenvalue weighted by atomic mass is 10.0. The van der Waals surface area contributed by atoms with Gasteiger partial charge in [-0.1, -0.05) is 19.8 Å². The molecular weight excluding hydrogens is 280 g/mol. The van der Waals surface area contributed by atoms with E-state index in [0.717, 1.165) is 51.7 Å². The number of hydrogen-bond donors (Lipinski definition) is 1. The van der Waals surface area contributed by atoms with Gasteiger partial charge in [-0.15, -0.1) is 0 Å². The summed E-state index contributed by atoms with van der Waals surface area (Å²) in [4.78, 5) is 16.3. The molecule has 0 spiro atoms. The van der Waals surface area contributed by atoms with Crippen molar-refractivity contribution >= 4 is 6.09 Å². The lowest BCUT2D eigenvalue weighted by Crippen LogP contribution is -2.47. The fourth-order valence-corrected chi connectivity index (χ4v) is 3.60. The summed E-state index contributed by atoms with van der Waals surface area (Å²) in [7, 11) is 0. The van der Waals surface area contributed by atoms with Gasteiger partial charge >= 0.3 is 6.09 Å². The molecule has 5 heteroatoms. The van der Waals surface area contributed by atoms with Gasteiger partial charge in [-0.05, 0) is 46.6 Å². The molecule has 1 aliphatic carbocycles. The quantitative estimate of drug-likeness (QED) is 0.867. The highest BCUT2D eigenvalue weighted by Gasteiger charge is 2.37. The summed E-state index contributed by atoms with van der Waals surface area (Å²) in [5.74, 6) is 0. The Kier molecular flexibility index (Phi) is 5.38. The summed E-state index contributed by atoms with van der Waals surface area (Å²) in [5, 5.41) is 10.6. The van der Waals surface area contributed by atoms with Crippen molar-refractivity contribution < 1.29 is 14.6 Å². The molecule has 0 aromatic rings. The number of rotatable bonds is 4. The molecule has 2 aliphatic rings. The molecule has 1 aliphatic heterocycles. The first-order valence-corrected chi connectivity index (χ1v) is 8.67. The first kappa shape index (κ1) is 17.5. The van der Waals surface area contributed by atoms with E-state index < -0.39 is 11.2 Å². The Balaban J connectivity index is 1.88. The number of carbonyl (C=O) groups excluding carboxylic acids is 1. The van der Waals surface area contributed by atoms with E-state index in [4.69, 9.17) is 4.74 Å². The van der Waals surface area contributed by atoms with Gasteiger partial charge in [0.05, 0.1) is 5.60 Å². The minimum Gasteiger partial charge on any atom is -0.444 e. The molecule has 1 saturated carbocycles. The Labute approximate surface area is 134 Å². The zero-order valence-corrected chi connectivity index (χ0v) is 14.6. The minimum absolute atomic E-state index is 0.217. The number of likely N-dealkylation sites (tertiary alicyclic amines) is 1. The van der Waals surface area contributed by atoms with Crippen LogP contribution in [-0.4, -0.2) is 64.4 Å². The Morgan fingerprint density at radius 3 is 2.55 bits per heavy atom. The summed E-state index contributed by atoms with van der Waals surface area (Å²) in [5.41, 5.74) is -0.964. The number of nitrogens with zero attached hydrogens (tertiary/aromatic N) is 2. The van der Waals surface area contributed by atoms with E-state index in [-0.39, 0.29) is 6.09 Å². The first-order chi connectivity index (χ1) is 10.2. The van der Waals surface area contributed by atoms with E-state index in [1.807, 2.05) is 20.8 Å². The van der Waals surface area contributed by atoms with Gasteiger partial charge in [0, 0.05) is 25.7 Å². The smallest absolute Gasteiger partial charge is 0.410 e. The number of likely N-dealkylation sites (N-methyl/N-ethyl adjacent to an activating group) is 1. The fourth-order valence-electron chi connectivity index (χ4n) is 3.60. The normalized spacial score (nSPS) is 25.0. The van der Waals surface area contributed by atoms with E-state index in [9.17, 15) is 9.90 Å². The Hall–Kier alpha value is -0.810. The number of aliphatic hydroxyl groups is 1. The number of amides is 1. The van der Waals surface area contributed by atoms with Crippen molar-refractivity contribution in [3.05, 3.63) is 0 Å². The van der Waals surface area contributed by atoms with Crippen LogP contribution in [-0.2, 0) is 4.74 Å². The summed E-state index contributed by atoms with van der Waals surface area (Å²) < 4.78 is 5.46. The van der Waals surface area contributed by atoms with E-state index in [1.165, 1.54) is 0 Å². The minimum atomic E-state index is -0.519. The molecule has 1 amide bonds. The maximum atomic E-state index is 12.2. The van der Waals surface area contributed by atoms with Gasteiger partial charge in [-0.25, -0.2) is 4.79 Å². The average molecular weight is 312 g/mol. The van der Waals surface area contributed by atoms with Crippen LogP contribution in [0.1, 0.15) is 59.8 Å². The van der Waals surface area contributed by atoms with E-state index in [2.05, 4.69) is 11.8 Å². The molecule has 0 aromatic heterocycles. The van der Waals surface area contributed by atoms with Crippen LogP contribution in [0, 0.1) is 0 Å². The molecule has 0 radical (unpaired) electrons. The zero-order chi connectivity index (χ0) is 16.4. The van der Waals surface area contributed by atoms with Crippen molar-refractivity contribution in [2.45, 2.75) is 77.0 Å². The van der Waals surface area contributed by atoms with Crippen molar-refractivity contribution in [3.8, 4) is 0 Å². The second kappa shape index (κ2) is 6.75. The summed E-state index contributed by atoms with van der Waals surface area (Å²) in [6.45, 7) is 10.9. The van der Waals surface area contributed by atoms with Crippen LogP contribution in [0.2, 0.25) is 0 Å².